The average molecular weight is 243 g/mol. The maximum Gasteiger partial charge on any atom is 0.305 e. The van der Waals surface area contributed by atoms with Gasteiger partial charge in [0.2, 0.25) is 0 Å². The van der Waals surface area contributed by atoms with Crippen molar-refractivity contribution in [2.75, 3.05) is 26.2 Å². The van der Waals surface area contributed by atoms with Gasteiger partial charge in [-0.05, 0) is 38.9 Å². The maximum atomic E-state index is 11.3. The molecule has 0 spiro atoms. The number of ether oxygens (including phenoxy) is 1. The predicted octanol–water partition coefficient (Wildman–Crippen LogP) is 3.23. The van der Waals surface area contributed by atoms with E-state index in [2.05, 4.69) is 25.7 Å². The first kappa shape index (κ1) is 16.4. The molecular formula is C14H29NO2. The van der Waals surface area contributed by atoms with Crippen LogP contribution >= 0.6 is 0 Å². The van der Waals surface area contributed by atoms with Crippen molar-refractivity contribution < 1.29 is 9.53 Å². The number of hydrogen-bond donors (Lipinski definition) is 0. The summed E-state index contributed by atoms with van der Waals surface area (Å²) in [5.74, 6) is -0.0266. The third kappa shape index (κ3) is 10.3. The minimum absolute atomic E-state index is 0.0266. The predicted molar refractivity (Wildman–Crippen MR) is 72.1 cm³/mol. The van der Waals surface area contributed by atoms with Crippen molar-refractivity contribution in [3.8, 4) is 0 Å². The second-order valence-corrected chi connectivity index (χ2v) is 4.41. The molecule has 0 rings (SSSR count). The molecule has 0 aliphatic carbocycles. The maximum absolute atomic E-state index is 11.3. The van der Waals surface area contributed by atoms with Crippen LogP contribution in [0.25, 0.3) is 0 Å². The smallest absolute Gasteiger partial charge is 0.305 e. The van der Waals surface area contributed by atoms with Gasteiger partial charge in [0.25, 0.3) is 0 Å². The normalized spacial score (nSPS) is 10.8. The van der Waals surface area contributed by atoms with Crippen LogP contribution in [0.15, 0.2) is 0 Å². The summed E-state index contributed by atoms with van der Waals surface area (Å²) in [5, 5.41) is 0. The fourth-order valence-corrected chi connectivity index (χ4v) is 1.75. The number of rotatable bonds is 11. The van der Waals surface area contributed by atoms with E-state index in [1.165, 1.54) is 0 Å². The van der Waals surface area contributed by atoms with Gasteiger partial charge in [-0.2, -0.15) is 0 Å². The number of hydrogen-bond acceptors (Lipinski definition) is 3. The van der Waals surface area contributed by atoms with Crippen LogP contribution in [0.1, 0.15) is 59.3 Å². The molecule has 102 valence electrons. The lowest BCUT2D eigenvalue weighted by molar-refractivity contribution is -0.143. The Morgan fingerprint density at radius 3 is 2.29 bits per heavy atom. The third-order valence-electron chi connectivity index (χ3n) is 3.01. The minimum atomic E-state index is -0.0266. The van der Waals surface area contributed by atoms with Crippen molar-refractivity contribution in [1.82, 2.24) is 4.90 Å². The van der Waals surface area contributed by atoms with Crippen LogP contribution in [-0.4, -0.2) is 37.1 Å². The Kier molecular flexibility index (Phi) is 11.5. The van der Waals surface area contributed by atoms with E-state index in [1.54, 1.807) is 0 Å². The van der Waals surface area contributed by atoms with Crippen LogP contribution in [0.2, 0.25) is 0 Å². The van der Waals surface area contributed by atoms with E-state index in [0.717, 1.165) is 51.7 Å². The Hall–Kier alpha value is -0.570. The van der Waals surface area contributed by atoms with E-state index in [-0.39, 0.29) is 5.97 Å². The van der Waals surface area contributed by atoms with E-state index in [4.69, 9.17) is 4.74 Å². The number of nitrogens with zero attached hydrogens (tertiary/aromatic N) is 1. The Bertz CT molecular complexity index is 179. The molecule has 0 aromatic rings. The third-order valence-corrected chi connectivity index (χ3v) is 3.01. The lowest BCUT2D eigenvalue weighted by atomic mass is 10.2. The molecule has 0 amide bonds. The van der Waals surface area contributed by atoms with Crippen molar-refractivity contribution in [2.45, 2.75) is 59.3 Å². The fraction of sp³-hybridized carbons (Fsp3) is 0.929. The van der Waals surface area contributed by atoms with Crippen LogP contribution in [0.4, 0.5) is 0 Å². The highest BCUT2D eigenvalue weighted by Gasteiger charge is 2.02. The zero-order valence-electron chi connectivity index (χ0n) is 11.8. The van der Waals surface area contributed by atoms with Crippen molar-refractivity contribution in [3.63, 3.8) is 0 Å². The molecule has 0 aromatic carbocycles. The lowest BCUT2D eigenvalue weighted by Crippen LogP contribution is -2.24. The van der Waals surface area contributed by atoms with Gasteiger partial charge in [0.15, 0.2) is 0 Å². The summed E-state index contributed by atoms with van der Waals surface area (Å²) in [5.41, 5.74) is 0. The zero-order valence-corrected chi connectivity index (χ0v) is 11.8. The molecule has 0 heterocycles. The van der Waals surface area contributed by atoms with Crippen LogP contribution in [0.3, 0.4) is 0 Å². The first-order valence-electron chi connectivity index (χ1n) is 7.12. The summed E-state index contributed by atoms with van der Waals surface area (Å²) in [6.45, 7) is 10.4. The first-order chi connectivity index (χ1) is 8.24. The summed E-state index contributed by atoms with van der Waals surface area (Å²) >= 11 is 0. The van der Waals surface area contributed by atoms with Gasteiger partial charge in [-0.1, -0.05) is 33.6 Å². The van der Waals surface area contributed by atoms with Gasteiger partial charge < -0.3 is 9.64 Å². The summed E-state index contributed by atoms with van der Waals surface area (Å²) in [7, 11) is 0. The highest BCUT2D eigenvalue weighted by molar-refractivity contribution is 5.69. The topological polar surface area (TPSA) is 29.5 Å². The molecule has 3 heteroatoms. The first-order valence-corrected chi connectivity index (χ1v) is 7.12. The summed E-state index contributed by atoms with van der Waals surface area (Å²) in [6.07, 6.45) is 5.92. The molecule has 0 bridgehead atoms. The van der Waals surface area contributed by atoms with Gasteiger partial charge in [0.1, 0.15) is 0 Å². The molecule has 0 aliphatic heterocycles. The molecule has 0 unspecified atom stereocenters. The van der Waals surface area contributed by atoms with E-state index >= 15 is 0 Å². The molecular weight excluding hydrogens is 214 g/mol. The van der Waals surface area contributed by atoms with Crippen LogP contribution in [0, 0.1) is 0 Å². The molecule has 0 saturated carbocycles. The quantitative estimate of drug-likeness (QED) is 0.412. The van der Waals surface area contributed by atoms with E-state index in [9.17, 15) is 4.79 Å². The Morgan fingerprint density at radius 2 is 1.71 bits per heavy atom. The van der Waals surface area contributed by atoms with E-state index < -0.39 is 0 Å². The standard InChI is InChI=1S/C14H29NO2/c1-4-7-8-11-14(16)17-13-10-9-12-15(5-2)6-3/h4-13H2,1-3H3. The molecule has 0 atom stereocenters. The highest BCUT2D eigenvalue weighted by atomic mass is 16.5. The minimum Gasteiger partial charge on any atom is -0.466 e. The molecule has 0 N–H and O–H groups in total. The van der Waals surface area contributed by atoms with Gasteiger partial charge in [0.05, 0.1) is 6.61 Å². The van der Waals surface area contributed by atoms with Crippen molar-refractivity contribution >= 4 is 5.97 Å². The Labute approximate surface area is 107 Å². The van der Waals surface area contributed by atoms with Gasteiger partial charge in [-0.15, -0.1) is 0 Å². The lowest BCUT2D eigenvalue weighted by Gasteiger charge is -2.17. The zero-order chi connectivity index (χ0) is 12.9. The van der Waals surface area contributed by atoms with Crippen LogP contribution < -0.4 is 0 Å². The second-order valence-electron chi connectivity index (χ2n) is 4.41. The van der Waals surface area contributed by atoms with Gasteiger partial charge in [-0.25, -0.2) is 0 Å². The molecule has 0 saturated heterocycles. The van der Waals surface area contributed by atoms with Crippen molar-refractivity contribution in [2.24, 2.45) is 0 Å². The van der Waals surface area contributed by atoms with Crippen molar-refractivity contribution in [3.05, 3.63) is 0 Å². The van der Waals surface area contributed by atoms with E-state index in [0.29, 0.717) is 13.0 Å². The summed E-state index contributed by atoms with van der Waals surface area (Å²) in [6, 6.07) is 0. The van der Waals surface area contributed by atoms with Crippen LogP contribution in [-0.2, 0) is 9.53 Å². The summed E-state index contributed by atoms with van der Waals surface area (Å²) < 4.78 is 5.18. The van der Waals surface area contributed by atoms with Gasteiger partial charge in [-0.3, -0.25) is 4.79 Å². The molecule has 0 aliphatic rings. The Morgan fingerprint density at radius 1 is 1.00 bits per heavy atom. The molecule has 0 radical (unpaired) electrons. The Balaban J connectivity index is 3.29. The molecule has 17 heavy (non-hydrogen) atoms. The monoisotopic (exact) mass is 243 g/mol. The van der Waals surface area contributed by atoms with Gasteiger partial charge >= 0.3 is 5.97 Å². The van der Waals surface area contributed by atoms with Crippen LogP contribution in [0.5, 0.6) is 0 Å². The number of carbonyl (C=O) groups is 1. The van der Waals surface area contributed by atoms with E-state index in [1.807, 2.05) is 0 Å². The summed E-state index contributed by atoms with van der Waals surface area (Å²) in [4.78, 5) is 13.7. The fourth-order valence-electron chi connectivity index (χ4n) is 1.75. The average Bonchev–Trinajstić information content (AvgIpc) is 2.34. The largest absolute Gasteiger partial charge is 0.466 e. The highest BCUT2D eigenvalue weighted by Crippen LogP contribution is 2.02. The van der Waals surface area contributed by atoms with Gasteiger partial charge in [0, 0.05) is 6.42 Å². The number of esters is 1. The number of unbranched alkanes of at least 4 members (excludes halogenated alkanes) is 3. The number of carbonyl (C=O) groups excluding carboxylic acids is 1. The second kappa shape index (κ2) is 11.9. The molecule has 0 aromatic heterocycles. The van der Waals surface area contributed by atoms with Crippen molar-refractivity contribution in [1.29, 1.82) is 0 Å². The molecule has 0 fully saturated rings. The SMILES string of the molecule is CCCCCC(=O)OCCCCN(CC)CC. The molecule has 3 nitrogen and oxygen atoms in total.